The molecule has 0 aromatic carbocycles. The average molecular weight is 234 g/mol. The SMILES string of the molecule is BC1(C)CCCC2CCN(C)/C(=N/C)C2CC1. The molecule has 0 aromatic heterocycles. The van der Waals surface area contributed by atoms with Gasteiger partial charge in [-0.25, -0.2) is 0 Å². The minimum absolute atomic E-state index is 0.542. The van der Waals surface area contributed by atoms with Crippen LogP contribution in [0.25, 0.3) is 0 Å². The van der Waals surface area contributed by atoms with Crippen molar-refractivity contribution >= 4 is 13.7 Å². The fourth-order valence-electron chi connectivity index (χ4n) is 3.73. The predicted octanol–water partition coefficient (Wildman–Crippen LogP) is 2.36. The molecule has 1 aliphatic heterocycles. The van der Waals surface area contributed by atoms with Crippen LogP contribution in [0.1, 0.15) is 45.4 Å². The van der Waals surface area contributed by atoms with Crippen molar-refractivity contribution in [1.29, 1.82) is 0 Å². The van der Waals surface area contributed by atoms with Crippen LogP contribution in [0.4, 0.5) is 0 Å². The van der Waals surface area contributed by atoms with Crippen LogP contribution < -0.4 is 0 Å². The van der Waals surface area contributed by atoms with Gasteiger partial charge in [-0.3, -0.25) is 4.99 Å². The summed E-state index contributed by atoms with van der Waals surface area (Å²) in [7, 11) is 6.61. The normalized spacial score (nSPS) is 41.8. The zero-order valence-electron chi connectivity index (χ0n) is 12.0. The largest absolute Gasteiger partial charge is 0.363 e. The number of aliphatic imine (C=N–C) groups is 1. The fourth-order valence-corrected chi connectivity index (χ4v) is 3.73. The van der Waals surface area contributed by atoms with Gasteiger partial charge in [-0.05, 0) is 25.2 Å². The minimum Gasteiger partial charge on any atom is -0.363 e. The lowest BCUT2D eigenvalue weighted by Gasteiger charge is -2.42. The second-order valence-corrected chi connectivity index (χ2v) is 6.75. The molecule has 2 rings (SSSR count). The molecule has 2 fully saturated rings. The molecule has 3 unspecified atom stereocenters. The van der Waals surface area contributed by atoms with Crippen molar-refractivity contribution in [3.8, 4) is 0 Å². The summed E-state index contributed by atoms with van der Waals surface area (Å²) in [4.78, 5) is 6.96. The lowest BCUT2D eigenvalue weighted by molar-refractivity contribution is 0.221. The molecule has 1 saturated carbocycles. The highest BCUT2D eigenvalue weighted by Gasteiger charge is 2.35. The molecular weight excluding hydrogens is 207 g/mol. The highest BCUT2D eigenvalue weighted by Crippen LogP contribution is 2.43. The summed E-state index contributed by atoms with van der Waals surface area (Å²) in [5.74, 6) is 3.01. The van der Waals surface area contributed by atoms with Gasteiger partial charge < -0.3 is 4.90 Å². The Morgan fingerprint density at radius 3 is 2.76 bits per heavy atom. The first-order chi connectivity index (χ1) is 8.03. The molecule has 96 valence electrons. The Morgan fingerprint density at radius 1 is 1.29 bits per heavy atom. The quantitative estimate of drug-likeness (QED) is 0.587. The minimum atomic E-state index is 0.542. The van der Waals surface area contributed by atoms with Gasteiger partial charge in [0.2, 0.25) is 0 Å². The second-order valence-electron chi connectivity index (χ2n) is 6.75. The first-order valence-corrected chi connectivity index (χ1v) is 7.21. The van der Waals surface area contributed by atoms with E-state index < -0.39 is 0 Å². The first kappa shape index (κ1) is 13.0. The van der Waals surface area contributed by atoms with Crippen LogP contribution in [-0.2, 0) is 0 Å². The Hall–Kier alpha value is -0.465. The van der Waals surface area contributed by atoms with Crippen LogP contribution in [0, 0.1) is 11.8 Å². The van der Waals surface area contributed by atoms with E-state index in [2.05, 4.69) is 31.7 Å². The first-order valence-electron chi connectivity index (χ1n) is 7.21. The summed E-state index contributed by atoms with van der Waals surface area (Å²) in [6.07, 6.45) is 8.32. The summed E-state index contributed by atoms with van der Waals surface area (Å²) in [5, 5.41) is 0.542. The maximum Gasteiger partial charge on any atom is 0.109 e. The van der Waals surface area contributed by atoms with Gasteiger partial charge in [-0.2, -0.15) is 0 Å². The standard InChI is InChI=1S/C14H27BN2/c1-14(15)8-4-5-11-7-10-17(3)13(16-2)12(11)6-9-14/h11-12H,4-10,15H2,1-3H3/b16-13+. The van der Waals surface area contributed by atoms with Crippen molar-refractivity contribution in [3.63, 3.8) is 0 Å². The van der Waals surface area contributed by atoms with Crippen LogP contribution in [0.3, 0.4) is 0 Å². The molecule has 0 radical (unpaired) electrons. The van der Waals surface area contributed by atoms with Gasteiger partial charge in [-0.15, -0.1) is 0 Å². The van der Waals surface area contributed by atoms with Gasteiger partial charge in [0.15, 0.2) is 0 Å². The Bertz CT molecular complexity index is 299. The molecule has 0 N–H and O–H groups in total. The number of hydrogen-bond acceptors (Lipinski definition) is 1. The summed E-state index contributed by atoms with van der Waals surface area (Å²) in [6, 6.07) is 0. The maximum atomic E-state index is 4.58. The molecule has 1 saturated heterocycles. The van der Waals surface area contributed by atoms with Crippen molar-refractivity contribution in [2.75, 3.05) is 20.6 Å². The lowest BCUT2D eigenvalue weighted by atomic mass is 9.60. The van der Waals surface area contributed by atoms with E-state index >= 15 is 0 Å². The van der Waals surface area contributed by atoms with Gasteiger partial charge in [0.05, 0.1) is 0 Å². The molecule has 1 aliphatic carbocycles. The number of likely N-dealkylation sites (tertiary alicyclic amines) is 1. The highest BCUT2D eigenvalue weighted by atomic mass is 15.2. The maximum absolute atomic E-state index is 4.58. The Balaban J connectivity index is 2.13. The number of nitrogens with zero attached hydrogens (tertiary/aromatic N) is 2. The van der Waals surface area contributed by atoms with Crippen LogP contribution in [0.15, 0.2) is 4.99 Å². The molecule has 3 heteroatoms. The highest BCUT2D eigenvalue weighted by molar-refractivity contribution is 6.14. The third kappa shape index (κ3) is 2.86. The molecular formula is C14H27BN2. The van der Waals surface area contributed by atoms with E-state index in [1.54, 1.807) is 0 Å². The summed E-state index contributed by atoms with van der Waals surface area (Å²) in [6.45, 7) is 3.64. The molecule has 0 spiro atoms. The number of amidine groups is 1. The summed E-state index contributed by atoms with van der Waals surface area (Å²) in [5.41, 5.74) is 0. The fraction of sp³-hybridized carbons (Fsp3) is 0.929. The number of rotatable bonds is 0. The van der Waals surface area contributed by atoms with Gasteiger partial charge in [-0.1, -0.05) is 31.5 Å². The van der Waals surface area contributed by atoms with E-state index in [4.69, 9.17) is 0 Å². The van der Waals surface area contributed by atoms with Gasteiger partial charge in [0.1, 0.15) is 13.7 Å². The smallest absolute Gasteiger partial charge is 0.109 e. The van der Waals surface area contributed by atoms with Crippen LogP contribution in [-0.4, -0.2) is 39.2 Å². The monoisotopic (exact) mass is 234 g/mol. The molecule has 0 amide bonds. The van der Waals surface area contributed by atoms with E-state index in [-0.39, 0.29) is 0 Å². The van der Waals surface area contributed by atoms with E-state index in [0.717, 1.165) is 11.8 Å². The number of fused-ring (bicyclic) bond motifs is 1. The van der Waals surface area contributed by atoms with Crippen LogP contribution in [0.5, 0.6) is 0 Å². The number of hydrogen-bond donors (Lipinski definition) is 0. The molecule has 3 atom stereocenters. The molecule has 0 bridgehead atoms. The van der Waals surface area contributed by atoms with E-state index in [1.807, 2.05) is 7.05 Å². The van der Waals surface area contributed by atoms with E-state index in [0.29, 0.717) is 5.31 Å². The Labute approximate surface area is 107 Å². The average Bonchev–Trinajstić information content (AvgIpc) is 2.26. The van der Waals surface area contributed by atoms with Gasteiger partial charge in [0.25, 0.3) is 0 Å². The predicted molar refractivity (Wildman–Crippen MR) is 77.6 cm³/mol. The second kappa shape index (κ2) is 5.03. The topological polar surface area (TPSA) is 15.6 Å². The molecule has 2 aliphatic rings. The Morgan fingerprint density at radius 2 is 2.06 bits per heavy atom. The molecule has 2 nitrogen and oxygen atoms in total. The van der Waals surface area contributed by atoms with Gasteiger partial charge >= 0.3 is 0 Å². The van der Waals surface area contributed by atoms with Crippen molar-refractivity contribution < 1.29 is 0 Å². The Kier molecular flexibility index (Phi) is 3.84. The summed E-state index contributed by atoms with van der Waals surface area (Å²) >= 11 is 0. The van der Waals surface area contributed by atoms with Crippen LogP contribution >= 0.6 is 0 Å². The molecule has 17 heavy (non-hydrogen) atoms. The van der Waals surface area contributed by atoms with Crippen molar-refractivity contribution in [1.82, 2.24) is 4.90 Å². The molecule has 0 aromatic rings. The van der Waals surface area contributed by atoms with Crippen molar-refractivity contribution in [2.24, 2.45) is 16.8 Å². The molecule has 1 heterocycles. The van der Waals surface area contributed by atoms with Crippen molar-refractivity contribution in [3.05, 3.63) is 0 Å². The third-order valence-corrected chi connectivity index (χ3v) is 4.92. The van der Waals surface area contributed by atoms with E-state index in [1.165, 1.54) is 50.9 Å². The van der Waals surface area contributed by atoms with Gasteiger partial charge in [0, 0.05) is 26.6 Å². The zero-order valence-corrected chi connectivity index (χ0v) is 12.0. The van der Waals surface area contributed by atoms with Crippen LogP contribution in [0.2, 0.25) is 5.31 Å². The van der Waals surface area contributed by atoms with E-state index in [9.17, 15) is 0 Å². The lowest BCUT2D eigenvalue weighted by Crippen LogP contribution is -2.44. The van der Waals surface area contributed by atoms with Crippen molar-refractivity contribution in [2.45, 2.75) is 50.8 Å². The summed E-state index contributed by atoms with van der Waals surface area (Å²) < 4.78 is 0. The third-order valence-electron chi connectivity index (χ3n) is 4.92. The number of piperidine rings is 1. The zero-order chi connectivity index (χ0) is 12.5.